The maximum atomic E-state index is 4.83. The highest BCUT2D eigenvalue weighted by Crippen LogP contribution is 2.45. The molecule has 2 nitrogen and oxygen atoms in total. The van der Waals surface area contributed by atoms with Crippen molar-refractivity contribution in [2.75, 3.05) is 4.90 Å². The van der Waals surface area contributed by atoms with E-state index in [0.29, 0.717) is 5.92 Å². The Morgan fingerprint density at radius 3 is 1.93 bits per heavy atom. The summed E-state index contributed by atoms with van der Waals surface area (Å²) in [6.45, 7) is 7.13. The number of benzene rings is 8. The zero-order chi connectivity index (χ0) is 40.9. The Bertz CT molecular complexity index is 3240. The van der Waals surface area contributed by atoms with Crippen LogP contribution in [0.1, 0.15) is 42.4 Å². The first-order valence-electron chi connectivity index (χ1n) is 21.6. The molecule has 0 N–H and O–H groups in total. The second-order valence-electron chi connectivity index (χ2n) is 16.4. The van der Waals surface area contributed by atoms with E-state index in [1.54, 1.807) is 0 Å². The van der Waals surface area contributed by atoms with E-state index < -0.39 is 0 Å². The fraction of sp³-hybridized carbons (Fsp3) is 0.0847. The molecule has 1 aromatic heterocycles. The lowest BCUT2D eigenvalue weighted by atomic mass is 9.81. The molecule has 9 aromatic rings. The van der Waals surface area contributed by atoms with Crippen LogP contribution in [0.25, 0.3) is 71.4 Å². The largest absolute Gasteiger partial charge is 0.310 e. The zero-order valence-electron chi connectivity index (χ0n) is 34.4. The van der Waals surface area contributed by atoms with Crippen LogP contribution in [0.3, 0.4) is 0 Å². The summed E-state index contributed by atoms with van der Waals surface area (Å²) in [6, 6.07) is 62.3. The number of aromatic nitrogens is 1. The number of allylic oxidation sites excluding steroid dienone is 8. The topological polar surface area (TPSA) is 8.17 Å². The summed E-state index contributed by atoms with van der Waals surface area (Å²) in [5.41, 5.74) is 14.1. The zero-order valence-corrected chi connectivity index (χ0v) is 34.4. The molecule has 0 radical (unpaired) electrons. The van der Waals surface area contributed by atoms with Crippen LogP contribution in [0.4, 0.5) is 11.4 Å². The van der Waals surface area contributed by atoms with E-state index in [9.17, 15) is 0 Å². The van der Waals surface area contributed by atoms with Crippen molar-refractivity contribution in [3.05, 3.63) is 236 Å². The van der Waals surface area contributed by atoms with E-state index in [2.05, 4.69) is 229 Å². The van der Waals surface area contributed by atoms with Crippen LogP contribution in [0, 0.1) is 5.92 Å². The number of para-hydroxylation sites is 2. The molecule has 0 saturated heterocycles. The van der Waals surface area contributed by atoms with Gasteiger partial charge in [-0.25, -0.2) is 0 Å². The summed E-state index contributed by atoms with van der Waals surface area (Å²) in [6.07, 6.45) is 18.2. The number of hydrogen-bond acceptors (Lipinski definition) is 1. The normalized spacial score (nSPS) is 16.1. The van der Waals surface area contributed by atoms with Gasteiger partial charge in [0.25, 0.3) is 0 Å². The van der Waals surface area contributed by atoms with Gasteiger partial charge in [-0.05, 0) is 117 Å². The van der Waals surface area contributed by atoms with Gasteiger partial charge in [-0.3, -0.25) is 0 Å². The number of hydrogen-bond donors (Lipinski definition) is 0. The molecule has 1 heterocycles. The molecule has 0 aliphatic heterocycles. The standard InChI is InChI=1S/C59H46N2/c1-40-20-9-10-27-47(40)49-29-12-11-28-48(49)41(2)60(44-23-7-4-8-24-44)45-25-19-26-46(39-45)61-56-35-18-17-30-50(56)55-38-43(36-37-57(55)61)59-53-33-15-13-31-51(53)58(42-21-5-3-6-22-42)52-32-14-16-34-54(52)59/h4-5,7-40,47H,2-3,6H2,1H3. The minimum atomic E-state index is 0.268. The fourth-order valence-corrected chi connectivity index (χ4v) is 10.0. The third kappa shape index (κ3) is 6.26. The molecular weight excluding hydrogens is 737 g/mol. The quantitative estimate of drug-likeness (QED) is 0.139. The predicted octanol–water partition coefficient (Wildman–Crippen LogP) is 16.1. The third-order valence-electron chi connectivity index (χ3n) is 12.8. The Morgan fingerprint density at radius 1 is 0.557 bits per heavy atom. The highest BCUT2D eigenvalue weighted by Gasteiger charge is 2.25. The first kappa shape index (κ1) is 36.6. The summed E-state index contributed by atoms with van der Waals surface area (Å²) in [5, 5.41) is 7.61. The molecule has 0 spiro atoms. The van der Waals surface area contributed by atoms with E-state index in [-0.39, 0.29) is 5.92 Å². The van der Waals surface area contributed by atoms with E-state index in [1.807, 2.05) is 0 Å². The smallest absolute Gasteiger partial charge is 0.0541 e. The van der Waals surface area contributed by atoms with Gasteiger partial charge < -0.3 is 9.47 Å². The molecule has 2 unspecified atom stereocenters. The summed E-state index contributed by atoms with van der Waals surface area (Å²) < 4.78 is 2.43. The van der Waals surface area contributed by atoms with Gasteiger partial charge in [0.05, 0.1) is 11.0 Å². The minimum absolute atomic E-state index is 0.268. The number of rotatable bonds is 8. The van der Waals surface area contributed by atoms with Crippen molar-refractivity contribution in [3.63, 3.8) is 0 Å². The maximum absolute atomic E-state index is 4.83. The van der Waals surface area contributed by atoms with Gasteiger partial charge in [0.1, 0.15) is 0 Å². The highest BCUT2D eigenvalue weighted by atomic mass is 15.2. The Labute approximate surface area is 358 Å². The average Bonchev–Trinajstić information content (AvgIpc) is 3.65. The molecular formula is C59H46N2. The van der Waals surface area contributed by atoms with Crippen LogP contribution in [0.2, 0.25) is 0 Å². The van der Waals surface area contributed by atoms with Gasteiger partial charge in [-0.2, -0.15) is 0 Å². The number of nitrogens with zero attached hydrogens (tertiary/aromatic N) is 2. The van der Waals surface area contributed by atoms with Crippen molar-refractivity contribution in [2.45, 2.75) is 25.7 Å². The molecule has 61 heavy (non-hydrogen) atoms. The van der Waals surface area contributed by atoms with Crippen LogP contribution in [0.15, 0.2) is 219 Å². The fourth-order valence-electron chi connectivity index (χ4n) is 10.0. The Hall–Kier alpha value is -7.42. The van der Waals surface area contributed by atoms with Crippen molar-refractivity contribution in [3.8, 4) is 16.8 Å². The first-order valence-corrected chi connectivity index (χ1v) is 21.6. The number of fused-ring (bicyclic) bond motifs is 5. The van der Waals surface area contributed by atoms with Crippen molar-refractivity contribution < 1.29 is 0 Å². The van der Waals surface area contributed by atoms with E-state index in [1.165, 1.54) is 71.2 Å². The summed E-state index contributed by atoms with van der Waals surface area (Å²) in [5.74, 6) is 0.654. The summed E-state index contributed by atoms with van der Waals surface area (Å²) in [7, 11) is 0. The highest BCUT2D eigenvalue weighted by molar-refractivity contribution is 6.21. The van der Waals surface area contributed by atoms with Gasteiger partial charge in [-0.15, -0.1) is 0 Å². The SMILES string of the molecule is C=C(c1ccccc1C1C=CC=CC1C)N(c1ccccc1)c1cccc(-n2c3ccccc3c3cc(-c4c5ccccc5c(C5=CCCC=C5)c5ccccc45)ccc32)c1. The van der Waals surface area contributed by atoms with Crippen molar-refractivity contribution in [1.29, 1.82) is 0 Å². The summed E-state index contributed by atoms with van der Waals surface area (Å²) in [4.78, 5) is 2.32. The maximum Gasteiger partial charge on any atom is 0.0541 e. The molecule has 2 heteroatoms. The lowest BCUT2D eigenvalue weighted by Gasteiger charge is -2.31. The predicted molar refractivity (Wildman–Crippen MR) is 262 cm³/mol. The van der Waals surface area contributed by atoms with Gasteiger partial charge in [0.2, 0.25) is 0 Å². The summed E-state index contributed by atoms with van der Waals surface area (Å²) >= 11 is 0. The molecule has 0 fully saturated rings. The monoisotopic (exact) mass is 782 g/mol. The molecule has 2 atom stereocenters. The van der Waals surface area contributed by atoms with Crippen LogP contribution >= 0.6 is 0 Å². The third-order valence-corrected chi connectivity index (χ3v) is 12.8. The van der Waals surface area contributed by atoms with Gasteiger partial charge >= 0.3 is 0 Å². The molecule has 2 aliphatic carbocycles. The van der Waals surface area contributed by atoms with E-state index in [0.717, 1.165) is 41.2 Å². The molecule has 0 amide bonds. The van der Waals surface area contributed by atoms with Crippen LogP contribution in [-0.2, 0) is 0 Å². The van der Waals surface area contributed by atoms with Crippen molar-refractivity contribution >= 4 is 66.0 Å². The Balaban J connectivity index is 1.07. The van der Waals surface area contributed by atoms with Crippen molar-refractivity contribution in [1.82, 2.24) is 4.57 Å². The van der Waals surface area contributed by atoms with Crippen molar-refractivity contribution in [2.24, 2.45) is 5.92 Å². The minimum Gasteiger partial charge on any atom is -0.310 e. The molecule has 11 rings (SSSR count). The second-order valence-corrected chi connectivity index (χ2v) is 16.4. The van der Waals surface area contributed by atoms with Gasteiger partial charge in [0, 0.05) is 45.0 Å². The number of anilines is 2. The Kier molecular flexibility index (Phi) is 9.20. The second kappa shape index (κ2) is 15.3. The lowest BCUT2D eigenvalue weighted by Crippen LogP contribution is -2.18. The molecule has 8 aromatic carbocycles. The average molecular weight is 783 g/mol. The molecule has 292 valence electrons. The first-order chi connectivity index (χ1) is 30.1. The van der Waals surface area contributed by atoms with Crippen LogP contribution < -0.4 is 4.90 Å². The lowest BCUT2D eigenvalue weighted by molar-refractivity contribution is 0.634. The molecule has 0 saturated carbocycles. The van der Waals surface area contributed by atoms with E-state index >= 15 is 0 Å². The van der Waals surface area contributed by atoms with Crippen LogP contribution in [0.5, 0.6) is 0 Å². The Morgan fingerprint density at radius 2 is 1.20 bits per heavy atom. The van der Waals surface area contributed by atoms with Gasteiger partial charge in [0.15, 0.2) is 0 Å². The molecule has 2 aliphatic rings. The molecule has 0 bridgehead atoms. The van der Waals surface area contributed by atoms with Gasteiger partial charge in [-0.1, -0.05) is 177 Å². The van der Waals surface area contributed by atoms with Crippen LogP contribution in [-0.4, -0.2) is 4.57 Å². The van der Waals surface area contributed by atoms with E-state index in [4.69, 9.17) is 6.58 Å².